The van der Waals surface area contributed by atoms with Crippen molar-refractivity contribution in [3.63, 3.8) is 0 Å². The first-order valence-electron chi connectivity index (χ1n) is 6.22. The monoisotopic (exact) mass is 239 g/mol. The molecule has 0 saturated carbocycles. The fourth-order valence-corrected chi connectivity index (χ4v) is 1.91. The van der Waals surface area contributed by atoms with Gasteiger partial charge in [0.25, 0.3) is 0 Å². The molecule has 96 valence electrons. The molecule has 1 atom stereocenters. The van der Waals surface area contributed by atoms with Gasteiger partial charge in [0, 0.05) is 18.2 Å². The first-order chi connectivity index (χ1) is 8.06. The summed E-state index contributed by atoms with van der Waals surface area (Å²) < 4.78 is 13.5. The zero-order valence-electron chi connectivity index (χ0n) is 10.9. The van der Waals surface area contributed by atoms with E-state index in [0.29, 0.717) is 18.2 Å². The van der Waals surface area contributed by atoms with Crippen molar-refractivity contribution in [2.24, 2.45) is 0 Å². The van der Waals surface area contributed by atoms with E-state index in [1.54, 1.807) is 18.2 Å². The lowest BCUT2D eigenvalue weighted by atomic mass is 10.1. The predicted octanol–water partition coefficient (Wildman–Crippen LogP) is 2.98. The van der Waals surface area contributed by atoms with E-state index >= 15 is 0 Å². The molecular formula is C14H22FNO. The van der Waals surface area contributed by atoms with Crippen LogP contribution in [-0.2, 0) is 0 Å². The number of rotatable bonds is 6. The highest BCUT2D eigenvalue weighted by molar-refractivity contribution is 5.20. The molecule has 1 rings (SSSR count). The first kappa shape index (κ1) is 14.1. The molecule has 0 heterocycles. The maximum Gasteiger partial charge on any atom is 0.129 e. The zero-order chi connectivity index (χ0) is 12.8. The Labute approximate surface area is 103 Å². The maximum atomic E-state index is 13.5. The molecule has 2 nitrogen and oxygen atoms in total. The topological polar surface area (TPSA) is 23.5 Å². The first-order valence-corrected chi connectivity index (χ1v) is 6.22. The molecule has 0 spiro atoms. The second-order valence-electron chi connectivity index (χ2n) is 4.63. The number of hydrogen-bond donors (Lipinski definition) is 1. The second-order valence-corrected chi connectivity index (χ2v) is 4.63. The molecule has 0 aliphatic carbocycles. The molecule has 0 aliphatic heterocycles. The van der Waals surface area contributed by atoms with Crippen molar-refractivity contribution in [1.29, 1.82) is 0 Å². The molecule has 1 aromatic rings. The van der Waals surface area contributed by atoms with E-state index in [4.69, 9.17) is 0 Å². The summed E-state index contributed by atoms with van der Waals surface area (Å²) in [6, 6.07) is 6.78. The van der Waals surface area contributed by atoms with Gasteiger partial charge in [0.05, 0.1) is 6.10 Å². The Bertz CT molecular complexity index is 341. The molecular weight excluding hydrogens is 217 g/mol. The summed E-state index contributed by atoms with van der Waals surface area (Å²) in [6.45, 7) is 7.67. The molecule has 0 fully saturated rings. The van der Waals surface area contributed by atoms with Crippen molar-refractivity contribution < 1.29 is 9.50 Å². The van der Waals surface area contributed by atoms with Gasteiger partial charge in [-0.1, -0.05) is 25.1 Å². The minimum atomic E-state index is -0.759. The Morgan fingerprint density at radius 2 is 1.94 bits per heavy atom. The Hall–Kier alpha value is -0.930. The molecule has 3 heteroatoms. The Morgan fingerprint density at radius 3 is 2.47 bits per heavy atom. The van der Waals surface area contributed by atoms with E-state index in [-0.39, 0.29) is 5.82 Å². The number of nitrogens with zero attached hydrogens (tertiary/aromatic N) is 1. The van der Waals surface area contributed by atoms with Crippen LogP contribution in [0.15, 0.2) is 24.3 Å². The highest BCUT2D eigenvalue weighted by atomic mass is 19.1. The van der Waals surface area contributed by atoms with Crippen LogP contribution in [-0.4, -0.2) is 29.1 Å². The third-order valence-corrected chi connectivity index (χ3v) is 2.91. The van der Waals surface area contributed by atoms with Crippen LogP contribution in [0.4, 0.5) is 4.39 Å². The van der Waals surface area contributed by atoms with Crippen LogP contribution in [0.25, 0.3) is 0 Å². The molecule has 0 radical (unpaired) electrons. The van der Waals surface area contributed by atoms with Crippen LogP contribution in [0.2, 0.25) is 0 Å². The molecule has 17 heavy (non-hydrogen) atoms. The molecule has 0 bridgehead atoms. The quantitative estimate of drug-likeness (QED) is 0.825. The molecule has 0 aromatic heterocycles. The minimum Gasteiger partial charge on any atom is -0.387 e. The summed E-state index contributed by atoms with van der Waals surface area (Å²) in [6.07, 6.45) is 0.271. The largest absolute Gasteiger partial charge is 0.387 e. The highest BCUT2D eigenvalue weighted by Gasteiger charge is 2.17. The number of hydrogen-bond acceptors (Lipinski definition) is 2. The van der Waals surface area contributed by atoms with Crippen molar-refractivity contribution in [2.75, 3.05) is 13.1 Å². The highest BCUT2D eigenvalue weighted by Crippen LogP contribution is 2.18. The molecule has 0 aliphatic rings. The number of benzene rings is 1. The van der Waals surface area contributed by atoms with Crippen molar-refractivity contribution in [2.45, 2.75) is 39.3 Å². The van der Waals surface area contributed by atoms with E-state index in [1.165, 1.54) is 6.07 Å². The van der Waals surface area contributed by atoms with E-state index in [1.807, 2.05) is 0 Å². The van der Waals surface area contributed by atoms with Gasteiger partial charge in [0.2, 0.25) is 0 Å². The molecule has 1 aromatic carbocycles. The average Bonchev–Trinajstić information content (AvgIpc) is 2.28. The standard InChI is InChI=1S/C14H22FNO/c1-4-9-16(11(2)3)10-14(17)12-7-5-6-8-13(12)15/h5-8,11,14,17H,4,9-10H2,1-3H3. The van der Waals surface area contributed by atoms with Gasteiger partial charge < -0.3 is 5.11 Å². The van der Waals surface area contributed by atoms with Crippen molar-refractivity contribution >= 4 is 0 Å². The molecule has 1 unspecified atom stereocenters. The Morgan fingerprint density at radius 1 is 1.29 bits per heavy atom. The summed E-state index contributed by atoms with van der Waals surface area (Å²) in [7, 11) is 0. The summed E-state index contributed by atoms with van der Waals surface area (Å²) in [5.74, 6) is -0.333. The van der Waals surface area contributed by atoms with Gasteiger partial charge in [-0.25, -0.2) is 4.39 Å². The van der Waals surface area contributed by atoms with Crippen LogP contribution in [0, 0.1) is 5.82 Å². The summed E-state index contributed by atoms with van der Waals surface area (Å²) in [5, 5.41) is 10.1. The second kappa shape index (κ2) is 6.72. The van der Waals surface area contributed by atoms with Gasteiger partial charge in [-0.3, -0.25) is 4.90 Å². The molecule has 0 saturated heterocycles. The van der Waals surface area contributed by atoms with Crippen molar-refractivity contribution in [3.8, 4) is 0 Å². The van der Waals surface area contributed by atoms with Gasteiger partial charge in [-0.15, -0.1) is 0 Å². The summed E-state index contributed by atoms with van der Waals surface area (Å²) >= 11 is 0. The third kappa shape index (κ3) is 4.10. The van der Waals surface area contributed by atoms with E-state index in [2.05, 4.69) is 25.7 Å². The maximum absolute atomic E-state index is 13.5. The average molecular weight is 239 g/mol. The predicted molar refractivity (Wildman–Crippen MR) is 68.4 cm³/mol. The smallest absolute Gasteiger partial charge is 0.129 e. The van der Waals surface area contributed by atoms with E-state index in [9.17, 15) is 9.50 Å². The fraction of sp³-hybridized carbons (Fsp3) is 0.571. The molecule has 1 N–H and O–H groups in total. The lowest BCUT2D eigenvalue weighted by molar-refractivity contribution is 0.0930. The molecule has 0 amide bonds. The van der Waals surface area contributed by atoms with Crippen LogP contribution >= 0.6 is 0 Å². The minimum absolute atomic E-state index is 0.333. The fourth-order valence-electron chi connectivity index (χ4n) is 1.91. The van der Waals surface area contributed by atoms with Crippen LogP contribution in [0.5, 0.6) is 0 Å². The third-order valence-electron chi connectivity index (χ3n) is 2.91. The van der Waals surface area contributed by atoms with E-state index < -0.39 is 6.10 Å². The zero-order valence-corrected chi connectivity index (χ0v) is 10.9. The van der Waals surface area contributed by atoms with Gasteiger partial charge in [0.15, 0.2) is 0 Å². The summed E-state index contributed by atoms with van der Waals surface area (Å²) in [5.41, 5.74) is 0.384. The Balaban J connectivity index is 2.70. The van der Waals surface area contributed by atoms with E-state index in [0.717, 1.165) is 13.0 Å². The van der Waals surface area contributed by atoms with Crippen molar-refractivity contribution in [1.82, 2.24) is 4.90 Å². The number of aliphatic hydroxyl groups is 1. The summed E-state index contributed by atoms with van der Waals surface area (Å²) in [4.78, 5) is 2.16. The van der Waals surface area contributed by atoms with Crippen LogP contribution in [0.3, 0.4) is 0 Å². The van der Waals surface area contributed by atoms with Crippen LogP contribution in [0.1, 0.15) is 38.9 Å². The Kier molecular flexibility index (Phi) is 5.59. The van der Waals surface area contributed by atoms with Gasteiger partial charge >= 0.3 is 0 Å². The van der Waals surface area contributed by atoms with Crippen molar-refractivity contribution in [3.05, 3.63) is 35.6 Å². The SMILES string of the molecule is CCCN(CC(O)c1ccccc1F)C(C)C. The number of halogens is 1. The normalized spacial score (nSPS) is 13.4. The van der Waals surface area contributed by atoms with Crippen LogP contribution < -0.4 is 0 Å². The lowest BCUT2D eigenvalue weighted by Crippen LogP contribution is -2.35. The van der Waals surface area contributed by atoms with Gasteiger partial charge in [-0.05, 0) is 32.9 Å². The number of aliphatic hydroxyl groups excluding tert-OH is 1. The van der Waals surface area contributed by atoms with Gasteiger partial charge in [-0.2, -0.15) is 0 Å². The lowest BCUT2D eigenvalue weighted by Gasteiger charge is -2.28. The van der Waals surface area contributed by atoms with Gasteiger partial charge in [0.1, 0.15) is 5.82 Å².